The summed E-state index contributed by atoms with van der Waals surface area (Å²) in [7, 11) is 0. The van der Waals surface area contributed by atoms with Gasteiger partial charge in [0, 0.05) is 37.2 Å². The molecule has 9 heteroatoms. The van der Waals surface area contributed by atoms with E-state index in [-0.39, 0.29) is 0 Å². The van der Waals surface area contributed by atoms with E-state index < -0.39 is 17.8 Å². The van der Waals surface area contributed by atoms with E-state index in [0.717, 1.165) is 50.0 Å². The van der Waals surface area contributed by atoms with Crippen molar-refractivity contribution in [2.75, 3.05) is 31.2 Å². The van der Waals surface area contributed by atoms with Gasteiger partial charge in [0.05, 0.1) is 13.2 Å². The highest BCUT2D eigenvalue weighted by Gasteiger charge is 2.36. The maximum atomic E-state index is 12.1. The summed E-state index contributed by atoms with van der Waals surface area (Å²) in [6, 6.07) is 7.55. The van der Waals surface area contributed by atoms with E-state index in [0.29, 0.717) is 25.5 Å². The van der Waals surface area contributed by atoms with Crippen LogP contribution in [0.3, 0.4) is 0 Å². The summed E-state index contributed by atoms with van der Waals surface area (Å²) in [5, 5.41) is 22.2. The van der Waals surface area contributed by atoms with Crippen molar-refractivity contribution in [3.8, 4) is 11.4 Å². The van der Waals surface area contributed by atoms with Crippen LogP contribution in [0.25, 0.3) is 11.4 Å². The second-order valence-electron chi connectivity index (χ2n) is 23.1. The second-order valence-corrected chi connectivity index (χ2v) is 23.1. The minimum absolute atomic E-state index is 0.404. The molecule has 420 valence electrons. The first-order valence-corrected chi connectivity index (χ1v) is 32.3. The molecule has 2 saturated heterocycles. The molecule has 1 unspecified atom stereocenters. The number of anilines is 1. The lowest BCUT2D eigenvalue weighted by molar-refractivity contribution is -0.166. The van der Waals surface area contributed by atoms with Crippen LogP contribution in [0.1, 0.15) is 328 Å². The van der Waals surface area contributed by atoms with Crippen LogP contribution in [0.2, 0.25) is 0 Å². The van der Waals surface area contributed by atoms with Crippen LogP contribution in [0.5, 0.6) is 0 Å². The number of hydrogen-bond acceptors (Lipinski definition) is 7. The summed E-state index contributed by atoms with van der Waals surface area (Å²) in [5.74, 6) is -0.949. The monoisotopic (exact) mass is 1020 g/mol. The molecular formula is C64H115N5O4. The molecule has 2 aliphatic rings. The van der Waals surface area contributed by atoms with Gasteiger partial charge in [-0.15, -0.1) is 5.10 Å². The lowest BCUT2D eigenvalue weighted by atomic mass is 10.0. The first-order chi connectivity index (χ1) is 36.1. The minimum atomic E-state index is -0.924. The Kier molecular flexibility index (Phi) is 37.6. The maximum Gasteiger partial charge on any atom is 0.328 e. The normalized spacial score (nSPS) is 22.6. The molecule has 1 aromatic carbocycles. The fraction of sp³-hybridized carbons (Fsp3) is 0.875. The summed E-state index contributed by atoms with van der Waals surface area (Å²) in [6.07, 6.45) is 67.0. The van der Waals surface area contributed by atoms with E-state index in [2.05, 4.69) is 38.6 Å². The van der Waals surface area contributed by atoms with Gasteiger partial charge in [-0.2, -0.15) is 0 Å². The molecule has 4 rings (SSSR count). The van der Waals surface area contributed by atoms with E-state index in [1.54, 1.807) is 0 Å². The molecule has 0 amide bonds. The third-order valence-electron chi connectivity index (χ3n) is 16.7. The van der Waals surface area contributed by atoms with Gasteiger partial charge >= 0.3 is 5.97 Å². The molecule has 1 spiro atoms. The number of benzene rings is 1. The van der Waals surface area contributed by atoms with Crippen LogP contribution >= 0.6 is 0 Å². The zero-order chi connectivity index (χ0) is 51.4. The van der Waals surface area contributed by atoms with E-state index in [1.807, 2.05) is 13.0 Å². The molecule has 0 saturated carbocycles. The summed E-state index contributed by atoms with van der Waals surface area (Å²) >= 11 is 0. The number of rotatable bonds is 5. The summed E-state index contributed by atoms with van der Waals surface area (Å²) in [4.78, 5) is 14.6. The highest BCUT2D eigenvalue weighted by atomic mass is 16.7. The molecule has 1 aromatic heterocycles. The van der Waals surface area contributed by atoms with E-state index in [9.17, 15) is 9.90 Å². The predicted octanol–water partition coefficient (Wildman–Crippen LogP) is 19.7. The fourth-order valence-electron chi connectivity index (χ4n) is 11.9. The third kappa shape index (κ3) is 30.1. The average molecular weight is 1020 g/mol. The Bertz CT molecular complexity index is 1560. The zero-order valence-electron chi connectivity index (χ0n) is 47.8. The van der Waals surface area contributed by atoms with Crippen molar-refractivity contribution in [3.05, 3.63) is 24.3 Å². The number of aliphatic carboxylic acids is 1. The number of hydrogen-bond donors (Lipinski definition) is 1. The smallest absolute Gasteiger partial charge is 0.328 e. The molecule has 0 aliphatic carbocycles. The van der Waals surface area contributed by atoms with Crippen LogP contribution in [0, 0.1) is 0 Å². The standard InChI is InChI=1S/C64H115N5O4/c1-2-61(63(70)71)69-62(65-66-67-69)59-50-49-51-60(58-59)68-54-48-46-44-42-40-38-36-34-32-30-28-26-24-22-20-18-16-14-12-10-8-6-4-3-5-7-9-11-13-15-17-19-21-23-25-27-29-31-33-35-37-39-41-43-45-47-52-64(53-55-68)72-56-57-73-64/h49-51,58,61H,2-48,52-57H2,1H3,(H,70,71). The minimum Gasteiger partial charge on any atom is -0.480 e. The Morgan fingerprint density at radius 3 is 1.18 bits per heavy atom. The molecular weight excluding hydrogens is 903 g/mol. The van der Waals surface area contributed by atoms with Gasteiger partial charge in [0.15, 0.2) is 17.7 Å². The molecule has 2 aromatic rings. The average Bonchev–Trinajstić information content (AvgIpc) is 4.09. The number of ether oxygens (including phenoxy) is 2. The zero-order valence-corrected chi connectivity index (χ0v) is 47.8. The van der Waals surface area contributed by atoms with Gasteiger partial charge in [-0.05, 0) is 41.8 Å². The Morgan fingerprint density at radius 2 is 0.836 bits per heavy atom. The van der Waals surface area contributed by atoms with Gasteiger partial charge in [-0.3, -0.25) is 0 Å². The first kappa shape index (κ1) is 63.0. The quantitative estimate of drug-likeness (QED) is 0.316. The van der Waals surface area contributed by atoms with E-state index in [4.69, 9.17) is 9.47 Å². The lowest BCUT2D eigenvalue weighted by Crippen LogP contribution is -2.37. The van der Waals surface area contributed by atoms with Crippen LogP contribution in [0.15, 0.2) is 24.3 Å². The summed E-state index contributed by atoms with van der Waals surface area (Å²) < 4.78 is 14.4. The van der Waals surface area contributed by atoms with Crippen LogP contribution < -0.4 is 4.90 Å². The number of nitrogens with zero attached hydrogens (tertiary/aromatic N) is 5. The number of tetrazole rings is 1. The largest absolute Gasteiger partial charge is 0.480 e. The van der Waals surface area contributed by atoms with Crippen molar-refractivity contribution in [2.45, 2.75) is 333 Å². The van der Waals surface area contributed by atoms with Crippen LogP contribution in [-0.4, -0.2) is 63.4 Å². The van der Waals surface area contributed by atoms with Crippen molar-refractivity contribution in [1.29, 1.82) is 0 Å². The topological polar surface area (TPSA) is 103 Å². The summed E-state index contributed by atoms with van der Waals surface area (Å²) in [6.45, 7) is 4.98. The Balaban J connectivity index is 1.18. The first-order valence-electron chi connectivity index (χ1n) is 32.3. The molecule has 1 atom stereocenters. The van der Waals surface area contributed by atoms with Crippen LogP contribution in [0.4, 0.5) is 5.69 Å². The maximum absolute atomic E-state index is 12.1. The molecule has 2 aliphatic heterocycles. The highest BCUT2D eigenvalue weighted by Crippen LogP contribution is 2.33. The summed E-state index contributed by atoms with van der Waals surface area (Å²) in [5.41, 5.74) is 1.94. The number of aromatic nitrogens is 4. The second kappa shape index (κ2) is 43.6. The number of carbonyl (C=O) groups is 1. The van der Waals surface area contributed by atoms with Gasteiger partial charge in [0.25, 0.3) is 0 Å². The van der Waals surface area contributed by atoms with E-state index in [1.165, 1.54) is 287 Å². The third-order valence-corrected chi connectivity index (χ3v) is 16.7. The Labute approximate surface area is 449 Å². The SMILES string of the molecule is CCC(C(=O)O)n1nnnc1-c1cccc(N2CCCCCCCCCCCCCCCCCCCCCCCCCCCCCCCCCCCCCCCCCCCCCCCCC3(CC2)OCCO3)c1. The van der Waals surface area contributed by atoms with Crippen molar-refractivity contribution < 1.29 is 19.4 Å². The molecule has 1 N–H and O–H groups in total. The molecule has 0 radical (unpaired) electrons. The van der Waals surface area contributed by atoms with Crippen molar-refractivity contribution >= 4 is 11.7 Å². The van der Waals surface area contributed by atoms with Gasteiger partial charge in [0.1, 0.15) is 0 Å². The van der Waals surface area contributed by atoms with Gasteiger partial charge in [-0.25, -0.2) is 9.48 Å². The molecule has 0 bridgehead atoms. The molecule has 3 heterocycles. The van der Waals surface area contributed by atoms with Crippen LogP contribution in [-0.2, 0) is 14.3 Å². The molecule has 2 fully saturated rings. The van der Waals surface area contributed by atoms with Crippen molar-refractivity contribution in [2.24, 2.45) is 0 Å². The lowest BCUT2D eigenvalue weighted by Gasteiger charge is -2.32. The van der Waals surface area contributed by atoms with Crippen molar-refractivity contribution in [3.63, 3.8) is 0 Å². The Hall–Kier alpha value is -2.52. The van der Waals surface area contributed by atoms with E-state index >= 15 is 0 Å². The fourth-order valence-corrected chi connectivity index (χ4v) is 11.9. The van der Waals surface area contributed by atoms with Gasteiger partial charge in [0.2, 0.25) is 0 Å². The molecule has 73 heavy (non-hydrogen) atoms. The highest BCUT2D eigenvalue weighted by molar-refractivity contribution is 5.73. The number of carboxylic acids is 1. The van der Waals surface area contributed by atoms with Gasteiger partial charge in [-0.1, -0.05) is 302 Å². The van der Waals surface area contributed by atoms with Gasteiger partial charge < -0.3 is 19.5 Å². The number of carboxylic acid groups (broad SMARTS) is 1. The Morgan fingerprint density at radius 1 is 0.493 bits per heavy atom. The molecule has 9 nitrogen and oxygen atoms in total. The predicted molar refractivity (Wildman–Crippen MR) is 309 cm³/mol. The van der Waals surface area contributed by atoms with Crippen molar-refractivity contribution in [1.82, 2.24) is 20.2 Å².